The number of esters is 1. The van der Waals surface area contributed by atoms with Crippen LogP contribution in [0.4, 0.5) is 5.69 Å². The van der Waals surface area contributed by atoms with E-state index in [0.717, 1.165) is 0 Å². The molecule has 27 heavy (non-hydrogen) atoms. The Morgan fingerprint density at radius 3 is 2.44 bits per heavy atom. The number of halogens is 1. The fraction of sp³-hybridized carbons (Fsp3) is 0.278. The molecule has 0 saturated heterocycles. The molecule has 2 aromatic rings. The zero-order valence-corrected chi connectivity index (χ0v) is 16.7. The van der Waals surface area contributed by atoms with Crippen molar-refractivity contribution in [2.24, 2.45) is 0 Å². The highest BCUT2D eigenvalue weighted by Crippen LogP contribution is 2.32. The third-order valence-electron chi connectivity index (χ3n) is 3.45. The first-order valence-electron chi connectivity index (χ1n) is 8.12. The van der Waals surface area contributed by atoms with Crippen LogP contribution in [0.2, 0.25) is 5.02 Å². The highest BCUT2D eigenvalue weighted by Gasteiger charge is 2.22. The van der Waals surface area contributed by atoms with Gasteiger partial charge in [-0.25, -0.2) is 13.2 Å². The standard InChI is InChI=1S/C18H20ClNO6S/c1-4-25-16-10-12(18(21)26-5-2)6-8-14(16)20-27(22,23)17-11-13(19)7-9-15(17)24-3/h6-11,20H,4-5H2,1-3H3. The van der Waals surface area contributed by atoms with Gasteiger partial charge in [-0.05, 0) is 50.2 Å². The van der Waals surface area contributed by atoms with Crippen LogP contribution in [0.3, 0.4) is 0 Å². The van der Waals surface area contributed by atoms with Gasteiger partial charge in [0, 0.05) is 5.02 Å². The molecule has 0 fully saturated rings. The molecule has 0 spiro atoms. The lowest BCUT2D eigenvalue weighted by molar-refractivity contribution is 0.0526. The van der Waals surface area contributed by atoms with Crippen LogP contribution >= 0.6 is 11.6 Å². The predicted molar refractivity (Wildman–Crippen MR) is 102 cm³/mol. The smallest absolute Gasteiger partial charge is 0.338 e. The van der Waals surface area contributed by atoms with Crippen LogP contribution in [0.25, 0.3) is 0 Å². The van der Waals surface area contributed by atoms with E-state index in [1.165, 1.54) is 43.5 Å². The molecule has 7 nitrogen and oxygen atoms in total. The lowest BCUT2D eigenvalue weighted by Gasteiger charge is -2.15. The normalized spacial score (nSPS) is 11.0. The molecule has 2 aromatic carbocycles. The van der Waals surface area contributed by atoms with Gasteiger partial charge in [0.05, 0.1) is 31.6 Å². The second kappa shape index (κ2) is 8.96. The zero-order chi connectivity index (χ0) is 20.0. The summed E-state index contributed by atoms with van der Waals surface area (Å²) in [6.45, 7) is 3.95. The van der Waals surface area contributed by atoms with Crippen molar-refractivity contribution >= 4 is 33.3 Å². The second-order valence-corrected chi connectivity index (χ2v) is 7.35. The Kier molecular flexibility index (Phi) is 6.92. The van der Waals surface area contributed by atoms with E-state index in [1.54, 1.807) is 13.8 Å². The molecular weight excluding hydrogens is 394 g/mol. The van der Waals surface area contributed by atoms with Gasteiger partial charge in [-0.2, -0.15) is 0 Å². The Labute approximate surface area is 163 Å². The van der Waals surface area contributed by atoms with Crippen molar-refractivity contribution in [3.05, 3.63) is 47.0 Å². The van der Waals surface area contributed by atoms with Crippen molar-refractivity contribution in [1.82, 2.24) is 0 Å². The Morgan fingerprint density at radius 1 is 1.07 bits per heavy atom. The third-order valence-corrected chi connectivity index (χ3v) is 5.07. The number of carbonyl (C=O) groups excluding carboxylic acids is 1. The topological polar surface area (TPSA) is 90.9 Å². The average molecular weight is 414 g/mol. The van der Waals surface area contributed by atoms with Crippen LogP contribution < -0.4 is 14.2 Å². The molecule has 146 valence electrons. The maximum Gasteiger partial charge on any atom is 0.338 e. The fourth-order valence-electron chi connectivity index (χ4n) is 2.28. The second-order valence-electron chi connectivity index (χ2n) is 5.27. The number of hydrogen-bond donors (Lipinski definition) is 1. The number of rotatable bonds is 8. The number of sulfonamides is 1. The third kappa shape index (κ3) is 5.05. The van der Waals surface area contributed by atoms with Crippen molar-refractivity contribution in [2.75, 3.05) is 25.0 Å². The van der Waals surface area contributed by atoms with Gasteiger partial charge in [0.15, 0.2) is 0 Å². The molecule has 0 heterocycles. The molecule has 0 saturated carbocycles. The first-order valence-corrected chi connectivity index (χ1v) is 9.98. The summed E-state index contributed by atoms with van der Waals surface area (Å²) in [5.41, 5.74) is 0.426. The first-order chi connectivity index (χ1) is 12.8. The van der Waals surface area contributed by atoms with Gasteiger partial charge in [0.2, 0.25) is 0 Å². The van der Waals surface area contributed by atoms with Crippen LogP contribution in [-0.4, -0.2) is 34.7 Å². The average Bonchev–Trinajstić information content (AvgIpc) is 2.63. The highest BCUT2D eigenvalue weighted by atomic mass is 35.5. The van der Waals surface area contributed by atoms with Crippen LogP contribution in [0.5, 0.6) is 11.5 Å². The van der Waals surface area contributed by atoms with Crippen LogP contribution in [0.15, 0.2) is 41.3 Å². The minimum absolute atomic E-state index is 0.116. The maximum absolute atomic E-state index is 12.8. The minimum Gasteiger partial charge on any atom is -0.495 e. The Balaban J connectivity index is 2.43. The molecule has 0 bridgehead atoms. The molecular formula is C18H20ClNO6S. The maximum atomic E-state index is 12.8. The molecule has 0 amide bonds. The summed E-state index contributed by atoms with van der Waals surface area (Å²) < 4.78 is 43.6. The summed E-state index contributed by atoms with van der Waals surface area (Å²) >= 11 is 5.93. The monoisotopic (exact) mass is 413 g/mol. The number of ether oxygens (including phenoxy) is 3. The van der Waals surface area contributed by atoms with E-state index < -0.39 is 16.0 Å². The largest absolute Gasteiger partial charge is 0.495 e. The van der Waals surface area contributed by atoms with Crippen LogP contribution in [-0.2, 0) is 14.8 Å². The van der Waals surface area contributed by atoms with Gasteiger partial charge in [0.1, 0.15) is 16.4 Å². The summed E-state index contributed by atoms with van der Waals surface area (Å²) in [5, 5.41) is 0.249. The van der Waals surface area contributed by atoms with E-state index in [-0.39, 0.29) is 45.9 Å². The molecule has 0 aliphatic carbocycles. The molecule has 0 unspecified atom stereocenters. The van der Waals surface area contributed by atoms with Crippen molar-refractivity contribution in [2.45, 2.75) is 18.7 Å². The van der Waals surface area contributed by atoms with Crippen LogP contribution in [0, 0.1) is 0 Å². The number of carbonyl (C=O) groups is 1. The molecule has 0 aromatic heterocycles. The van der Waals surface area contributed by atoms with Crippen molar-refractivity contribution in [3.63, 3.8) is 0 Å². The van der Waals surface area contributed by atoms with E-state index in [0.29, 0.717) is 0 Å². The van der Waals surface area contributed by atoms with E-state index in [2.05, 4.69) is 4.72 Å². The summed E-state index contributed by atoms with van der Waals surface area (Å²) in [6, 6.07) is 8.59. The molecule has 0 atom stereocenters. The Hall–Kier alpha value is -2.45. The predicted octanol–water partition coefficient (Wildman–Crippen LogP) is 3.72. The Bertz CT molecular complexity index is 929. The molecule has 1 N–H and O–H groups in total. The number of nitrogens with one attached hydrogen (secondary N) is 1. The van der Waals surface area contributed by atoms with Gasteiger partial charge in [-0.15, -0.1) is 0 Å². The van der Waals surface area contributed by atoms with Crippen molar-refractivity contribution in [3.8, 4) is 11.5 Å². The van der Waals surface area contributed by atoms with Gasteiger partial charge < -0.3 is 14.2 Å². The first kappa shape index (κ1) is 20.9. The quantitative estimate of drug-likeness (QED) is 0.663. The molecule has 0 aliphatic rings. The van der Waals surface area contributed by atoms with Gasteiger partial charge in [-0.1, -0.05) is 11.6 Å². The summed E-state index contributed by atoms with van der Waals surface area (Å²) in [5.74, 6) is -0.176. The van der Waals surface area contributed by atoms with E-state index in [9.17, 15) is 13.2 Å². The Morgan fingerprint density at radius 2 is 1.81 bits per heavy atom. The minimum atomic E-state index is -4.02. The van der Waals surface area contributed by atoms with E-state index >= 15 is 0 Å². The number of benzene rings is 2. The number of methoxy groups -OCH3 is 1. The molecule has 0 aliphatic heterocycles. The fourth-order valence-corrected chi connectivity index (χ4v) is 3.79. The van der Waals surface area contributed by atoms with E-state index in [4.69, 9.17) is 25.8 Å². The highest BCUT2D eigenvalue weighted by molar-refractivity contribution is 7.92. The van der Waals surface area contributed by atoms with Gasteiger partial charge >= 0.3 is 5.97 Å². The number of anilines is 1. The summed E-state index contributed by atoms with van der Waals surface area (Å²) in [6.07, 6.45) is 0. The number of hydrogen-bond acceptors (Lipinski definition) is 6. The van der Waals surface area contributed by atoms with Gasteiger partial charge in [-0.3, -0.25) is 4.72 Å². The molecule has 9 heteroatoms. The lowest BCUT2D eigenvalue weighted by Crippen LogP contribution is -2.15. The van der Waals surface area contributed by atoms with Crippen molar-refractivity contribution in [1.29, 1.82) is 0 Å². The van der Waals surface area contributed by atoms with Crippen LogP contribution in [0.1, 0.15) is 24.2 Å². The summed E-state index contributed by atoms with van der Waals surface area (Å²) in [7, 11) is -2.66. The summed E-state index contributed by atoms with van der Waals surface area (Å²) in [4.78, 5) is 11.8. The SMILES string of the molecule is CCOC(=O)c1ccc(NS(=O)(=O)c2cc(Cl)ccc2OC)c(OCC)c1. The lowest BCUT2D eigenvalue weighted by atomic mass is 10.2. The van der Waals surface area contributed by atoms with Crippen molar-refractivity contribution < 1.29 is 27.4 Å². The van der Waals surface area contributed by atoms with Gasteiger partial charge in [0.25, 0.3) is 10.0 Å². The molecule has 2 rings (SSSR count). The molecule has 0 radical (unpaired) electrons. The van der Waals surface area contributed by atoms with E-state index in [1.807, 2.05) is 0 Å². The zero-order valence-electron chi connectivity index (χ0n) is 15.1.